The monoisotopic (exact) mass is 494 g/mol. The number of phenols is 1. The quantitative estimate of drug-likeness (QED) is 0.382. The summed E-state index contributed by atoms with van der Waals surface area (Å²) in [5.41, 5.74) is 0.247. The highest BCUT2D eigenvalue weighted by atomic mass is 35.5. The first kappa shape index (κ1) is 24.7. The van der Waals surface area contributed by atoms with Crippen LogP contribution in [0.2, 0.25) is 10.0 Å². The third-order valence-electron chi connectivity index (χ3n) is 5.09. The fourth-order valence-corrected chi connectivity index (χ4v) is 4.06. The standard InChI is InChI=1S/C23H24Cl2N2O6/c1-2-32-23(31)22(30)27-14-10-17(24)20(18(25)11-14)33-15-8-9-19(28)16(12-15)21(29)26-13-6-4-3-5-7-13/h8-13,28H,2-7H2,1H3,(H,26,29)(H,27,30). The van der Waals surface area contributed by atoms with Crippen LogP contribution in [-0.2, 0) is 14.3 Å². The molecule has 0 saturated heterocycles. The van der Waals surface area contributed by atoms with E-state index in [1.54, 1.807) is 6.92 Å². The molecule has 2 aromatic rings. The second-order valence-corrected chi connectivity index (χ2v) is 8.35. The molecule has 0 bridgehead atoms. The summed E-state index contributed by atoms with van der Waals surface area (Å²) in [6, 6.07) is 7.01. The number of carbonyl (C=O) groups is 3. The number of benzene rings is 2. The number of esters is 1. The van der Waals surface area contributed by atoms with Crippen molar-refractivity contribution in [2.75, 3.05) is 11.9 Å². The zero-order chi connectivity index (χ0) is 24.0. The van der Waals surface area contributed by atoms with Crippen molar-refractivity contribution in [2.24, 2.45) is 0 Å². The van der Waals surface area contributed by atoms with E-state index >= 15 is 0 Å². The summed E-state index contributed by atoms with van der Waals surface area (Å²) in [4.78, 5) is 36.0. The van der Waals surface area contributed by atoms with E-state index in [9.17, 15) is 19.5 Å². The predicted molar refractivity (Wildman–Crippen MR) is 124 cm³/mol. The Labute approximate surface area is 201 Å². The summed E-state index contributed by atoms with van der Waals surface area (Å²) >= 11 is 12.5. The molecule has 1 saturated carbocycles. The number of phenolic OH excluding ortho intramolecular Hbond substituents is 1. The SMILES string of the molecule is CCOC(=O)C(=O)Nc1cc(Cl)c(Oc2ccc(O)c(C(=O)NC3CCCCC3)c2)c(Cl)c1. The molecule has 3 N–H and O–H groups in total. The van der Waals surface area contributed by atoms with Crippen LogP contribution in [0.15, 0.2) is 30.3 Å². The second-order valence-electron chi connectivity index (χ2n) is 7.53. The van der Waals surface area contributed by atoms with Gasteiger partial charge in [0, 0.05) is 11.7 Å². The van der Waals surface area contributed by atoms with E-state index < -0.39 is 11.9 Å². The van der Waals surface area contributed by atoms with Crippen molar-refractivity contribution in [1.29, 1.82) is 0 Å². The molecule has 3 rings (SSSR count). The van der Waals surface area contributed by atoms with E-state index in [0.717, 1.165) is 32.1 Å². The van der Waals surface area contributed by atoms with Gasteiger partial charge in [0.1, 0.15) is 11.5 Å². The average molecular weight is 495 g/mol. The molecule has 0 aliphatic heterocycles. The van der Waals surface area contributed by atoms with Gasteiger partial charge in [0.25, 0.3) is 5.91 Å². The van der Waals surface area contributed by atoms with Gasteiger partial charge in [-0.3, -0.25) is 9.59 Å². The summed E-state index contributed by atoms with van der Waals surface area (Å²) in [6.45, 7) is 1.65. The van der Waals surface area contributed by atoms with Gasteiger partial charge in [-0.05, 0) is 50.1 Å². The fraction of sp³-hybridized carbons (Fsp3) is 0.348. The van der Waals surface area contributed by atoms with Gasteiger partial charge in [-0.25, -0.2) is 4.79 Å². The summed E-state index contributed by atoms with van der Waals surface area (Å²) in [7, 11) is 0. The van der Waals surface area contributed by atoms with Crippen LogP contribution in [0.25, 0.3) is 0 Å². The van der Waals surface area contributed by atoms with E-state index in [2.05, 4.69) is 15.4 Å². The van der Waals surface area contributed by atoms with Gasteiger partial charge in [-0.2, -0.15) is 0 Å². The van der Waals surface area contributed by atoms with Crippen LogP contribution in [-0.4, -0.2) is 35.5 Å². The highest BCUT2D eigenvalue weighted by Crippen LogP contribution is 2.39. The fourth-order valence-electron chi connectivity index (χ4n) is 3.50. The molecule has 176 valence electrons. The summed E-state index contributed by atoms with van der Waals surface area (Å²) in [5, 5.41) is 15.6. The zero-order valence-electron chi connectivity index (χ0n) is 18.0. The Balaban J connectivity index is 1.74. The van der Waals surface area contributed by atoms with Crippen LogP contribution in [0.3, 0.4) is 0 Å². The van der Waals surface area contributed by atoms with Crippen molar-refractivity contribution in [3.05, 3.63) is 45.9 Å². The number of aromatic hydroxyl groups is 1. The molecular formula is C23H24Cl2N2O6. The van der Waals surface area contributed by atoms with Crippen molar-refractivity contribution in [3.63, 3.8) is 0 Å². The maximum absolute atomic E-state index is 12.7. The van der Waals surface area contributed by atoms with Gasteiger partial charge in [-0.15, -0.1) is 0 Å². The van der Waals surface area contributed by atoms with E-state index in [1.165, 1.54) is 30.3 Å². The first-order valence-electron chi connectivity index (χ1n) is 10.6. The Morgan fingerprint density at radius 3 is 2.36 bits per heavy atom. The Bertz CT molecular complexity index is 1030. The molecule has 33 heavy (non-hydrogen) atoms. The molecule has 0 aromatic heterocycles. The predicted octanol–water partition coefficient (Wildman–Crippen LogP) is 5.06. The highest BCUT2D eigenvalue weighted by molar-refractivity contribution is 6.39. The van der Waals surface area contributed by atoms with Crippen LogP contribution in [0, 0.1) is 0 Å². The lowest BCUT2D eigenvalue weighted by Crippen LogP contribution is -2.36. The van der Waals surface area contributed by atoms with Crippen molar-refractivity contribution in [2.45, 2.75) is 45.1 Å². The second kappa shape index (κ2) is 11.2. The zero-order valence-corrected chi connectivity index (χ0v) is 19.5. The van der Waals surface area contributed by atoms with Gasteiger partial charge in [0.15, 0.2) is 5.75 Å². The third kappa shape index (κ3) is 6.52. The average Bonchev–Trinajstić information content (AvgIpc) is 2.78. The van der Waals surface area contributed by atoms with Crippen molar-refractivity contribution in [3.8, 4) is 17.2 Å². The van der Waals surface area contributed by atoms with Gasteiger partial charge in [0.05, 0.1) is 22.2 Å². The summed E-state index contributed by atoms with van der Waals surface area (Å²) in [5.74, 6) is -2.26. The van der Waals surface area contributed by atoms with Crippen molar-refractivity contribution in [1.82, 2.24) is 5.32 Å². The lowest BCUT2D eigenvalue weighted by atomic mass is 9.95. The number of anilines is 1. The molecule has 0 atom stereocenters. The Morgan fingerprint density at radius 2 is 1.73 bits per heavy atom. The lowest BCUT2D eigenvalue weighted by Gasteiger charge is -2.23. The smallest absolute Gasteiger partial charge is 0.397 e. The molecule has 0 radical (unpaired) electrons. The molecule has 10 heteroatoms. The molecular weight excluding hydrogens is 471 g/mol. The van der Waals surface area contributed by atoms with E-state index in [4.69, 9.17) is 27.9 Å². The number of hydrogen-bond donors (Lipinski definition) is 3. The summed E-state index contributed by atoms with van der Waals surface area (Å²) in [6.07, 6.45) is 5.11. The number of carbonyl (C=O) groups excluding carboxylic acids is 3. The van der Waals surface area contributed by atoms with Gasteiger partial charge in [-0.1, -0.05) is 42.5 Å². The lowest BCUT2D eigenvalue weighted by molar-refractivity contribution is -0.152. The maximum atomic E-state index is 12.7. The van der Waals surface area contributed by atoms with E-state index in [1.807, 2.05) is 0 Å². The van der Waals surface area contributed by atoms with Crippen molar-refractivity contribution >= 4 is 46.7 Å². The molecule has 1 fully saturated rings. The normalized spacial score (nSPS) is 13.8. The van der Waals surface area contributed by atoms with Crippen LogP contribution in [0.1, 0.15) is 49.4 Å². The Kier molecular flexibility index (Phi) is 8.41. The highest BCUT2D eigenvalue weighted by Gasteiger charge is 2.21. The minimum absolute atomic E-state index is 0.0583. The summed E-state index contributed by atoms with van der Waals surface area (Å²) < 4.78 is 10.4. The number of rotatable bonds is 6. The third-order valence-corrected chi connectivity index (χ3v) is 5.65. The molecule has 0 spiro atoms. The Hall–Kier alpha value is -2.97. The van der Waals surface area contributed by atoms with Crippen LogP contribution >= 0.6 is 23.2 Å². The van der Waals surface area contributed by atoms with E-state index in [-0.39, 0.29) is 57.1 Å². The maximum Gasteiger partial charge on any atom is 0.397 e. The van der Waals surface area contributed by atoms with Crippen LogP contribution in [0.4, 0.5) is 5.69 Å². The number of amides is 2. The first-order valence-corrected chi connectivity index (χ1v) is 11.3. The molecule has 8 nitrogen and oxygen atoms in total. The van der Waals surface area contributed by atoms with Gasteiger partial charge < -0.3 is 25.2 Å². The number of nitrogens with one attached hydrogen (secondary N) is 2. The van der Waals surface area contributed by atoms with Crippen LogP contribution < -0.4 is 15.4 Å². The molecule has 2 aromatic carbocycles. The van der Waals surface area contributed by atoms with Gasteiger partial charge >= 0.3 is 11.9 Å². The minimum atomic E-state index is -1.03. The molecule has 1 aliphatic carbocycles. The van der Waals surface area contributed by atoms with Gasteiger partial charge in [0.2, 0.25) is 0 Å². The van der Waals surface area contributed by atoms with Crippen molar-refractivity contribution < 1.29 is 29.0 Å². The van der Waals surface area contributed by atoms with E-state index in [0.29, 0.717) is 0 Å². The molecule has 2 amide bonds. The number of ether oxygens (including phenoxy) is 2. The topological polar surface area (TPSA) is 114 Å². The Morgan fingerprint density at radius 1 is 1.06 bits per heavy atom. The first-order chi connectivity index (χ1) is 15.8. The largest absolute Gasteiger partial charge is 0.507 e. The number of halogens is 2. The number of hydrogen-bond acceptors (Lipinski definition) is 6. The minimum Gasteiger partial charge on any atom is -0.507 e. The molecule has 0 unspecified atom stereocenters. The van der Waals surface area contributed by atoms with Crippen LogP contribution in [0.5, 0.6) is 17.2 Å². The molecule has 1 aliphatic rings. The molecule has 0 heterocycles.